The van der Waals surface area contributed by atoms with Crippen molar-refractivity contribution in [3.05, 3.63) is 44.7 Å². The van der Waals surface area contributed by atoms with Crippen molar-refractivity contribution in [2.45, 2.75) is 4.21 Å². The van der Waals surface area contributed by atoms with Gasteiger partial charge in [0.1, 0.15) is 4.21 Å². The molecule has 1 aromatic heterocycles. The summed E-state index contributed by atoms with van der Waals surface area (Å²) in [6.45, 7) is -0.364. The summed E-state index contributed by atoms with van der Waals surface area (Å²) < 4.78 is 25.6. The van der Waals surface area contributed by atoms with Crippen LogP contribution in [0.25, 0.3) is 0 Å². The van der Waals surface area contributed by atoms with Crippen molar-refractivity contribution in [3.63, 3.8) is 0 Å². The zero-order valence-electron chi connectivity index (χ0n) is 11.7. The Bertz CT molecular complexity index is 823. The van der Waals surface area contributed by atoms with E-state index in [1.54, 1.807) is 11.4 Å². The smallest absolute Gasteiger partial charge is 0.252 e. The van der Waals surface area contributed by atoms with Gasteiger partial charge in [-0.25, -0.2) is 8.42 Å². The van der Waals surface area contributed by atoms with Gasteiger partial charge in [-0.1, -0.05) is 40.9 Å². The lowest BCUT2D eigenvalue weighted by molar-refractivity contribution is -0.116. The second-order valence-electron chi connectivity index (χ2n) is 4.49. The van der Waals surface area contributed by atoms with Crippen LogP contribution in [0.2, 0.25) is 15.1 Å². The third kappa shape index (κ3) is 4.37. The molecular weight excluding hydrogens is 403 g/mol. The monoisotopic (exact) mass is 412 g/mol. The largest absolute Gasteiger partial charge is 0.324 e. The van der Waals surface area contributed by atoms with Crippen LogP contribution in [0.5, 0.6) is 0 Å². The van der Waals surface area contributed by atoms with Crippen molar-refractivity contribution in [1.82, 2.24) is 4.31 Å². The van der Waals surface area contributed by atoms with Crippen molar-refractivity contribution in [2.75, 3.05) is 18.9 Å². The fourth-order valence-electron chi connectivity index (χ4n) is 1.66. The van der Waals surface area contributed by atoms with Gasteiger partial charge in [-0.05, 0) is 23.6 Å². The number of nitrogens with zero attached hydrogens (tertiary/aromatic N) is 1. The fraction of sp³-hybridized carbons (Fsp3) is 0.154. The second-order valence-corrected chi connectivity index (χ2v) is 8.93. The number of hydrogen-bond acceptors (Lipinski definition) is 4. The van der Waals surface area contributed by atoms with E-state index in [0.29, 0.717) is 0 Å². The normalized spacial score (nSPS) is 11.7. The number of sulfonamides is 1. The lowest BCUT2D eigenvalue weighted by Crippen LogP contribution is -2.34. The molecule has 0 unspecified atom stereocenters. The topological polar surface area (TPSA) is 66.5 Å². The summed E-state index contributed by atoms with van der Waals surface area (Å²) >= 11 is 18.7. The van der Waals surface area contributed by atoms with Gasteiger partial charge in [-0.15, -0.1) is 11.3 Å². The summed E-state index contributed by atoms with van der Waals surface area (Å²) in [6.07, 6.45) is 0. The minimum Gasteiger partial charge on any atom is -0.324 e. The number of rotatable bonds is 5. The molecule has 2 aromatic rings. The Morgan fingerprint density at radius 1 is 1.22 bits per heavy atom. The van der Waals surface area contributed by atoms with Gasteiger partial charge in [-0.2, -0.15) is 4.31 Å². The zero-order chi connectivity index (χ0) is 17.2. The average molecular weight is 414 g/mol. The van der Waals surface area contributed by atoms with Gasteiger partial charge in [0, 0.05) is 7.05 Å². The number of amides is 1. The third-order valence-electron chi connectivity index (χ3n) is 2.81. The molecule has 1 heterocycles. The van der Waals surface area contributed by atoms with E-state index in [1.807, 2.05) is 0 Å². The highest BCUT2D eigenvalue weighted by Gasteiger charge is 2.24. The van der Waals surface area contributed by atoms with Crippen LogP contribution in [0, 0.1) is 0 Å². The van der Waals surface area contributed by atoms with Crippen LogP contribution in [0.4, 0.5) is 5.69 Å². The number of likely N-dealkylation sites (N-methyl/N-ethyl adjacent to an activating group) is 1. The van der Waals surface area contributed by atoms with Crippen molar-refractivity contribution >= 4 is 67.8 Å². The Morgan fingerprint density at radius 2 is 1.87 bits per heavy atom. The molecular formula is C13H11Cl3N2O3S2. The molecule has 5 nitrogen and oxygen atoms in total. The Hall–Kier alpha value is -0.830. The van der Waals surface area contributed by atoms with Crippen LogP contribution >= 0.6 is 46.1 Å². The summed E-state index contributed by atoms with van der Waals surface area (Å²) in [6, 6.07) is 5.90. The van der Waals surface area contributed by atoms with Crippen molar-refractivity contribution in [2.24, 2.45) is 0 Å². The number of carbonyl (C=O) groups is 1. The summed E-state index contributed by atoms with van der Waals surface area (Å²) in [5.41, 5.74) is 0.257. The molecule has 0 aliphatic rings. The Kier molecular flexibility index (Phi) is 5.94. The van der Waals surface area contributed by atoms with Crippen molar-refractivity contribution in [1.29, 1.82) is 0 Å². The first-order valence-corrected chi connectivity index (χ1v) is 9.61. The van der Waals surface area contributed by atoms with Gasteiger partial charge in [-0.3, -0.25) is 4.79 Å². The van der Waals surface area contributed by atoms with Gasteiger partial charge in [0.2, 0.25) is 5.91 Å². The minimum atomic E-state index is -3.70. The van der Waals surface area contributed by atoms with Gasteiger partial charge < -0.3 is 5.32 Å². The van der Waals surface area contributed by atoms with E-state index < -0.39 is 15.9 Å². The van der Waals surface area contributed by atoms with Crippen LogP contribution in [-0.4, -0.2) is 32.2 Å². The number of carbonyl (C=O) groups excluding carboxylic acids is 1. The molecule has 0 fully saturated rings. The lowest BCUT2D eigenvalue weighted by Gasteiger charge is -2.16. The molecule has 10 heteroatoms. The highest BCUT2D eigenvalue weighted by molar-refractivity contribution is 7.91. The quantitative estimate of drug-likeness (QED) is 0.754. The summed E-state index contributed by atoms with van der Waals surface area (Å²) in [7, 11) is -2.37. The molecule has 0 saturated carbocycles. The Balaban J connectivity index is 2.10. The van der Waals surface area contributed by atoms with Crippen molar-refractivity contribution < 1.29 is 13.2 Å². The number of hydrogen-bond donors (Lipinski definition) is 1. The van der Waals surface area contributed by atoms with Gasteiger partial charge >= 0.3 is 0 Å². The first-order chi connectivity index (χ1) is 10.7. The van der Waals surface area contributed by atoms with E-state index in [1.165, 1.54) is 25.2 Å². The fourth-order valence-corrected chi connectivity index (χ4v) is 4.58. The van der Waals surface area contributed by atoms with Gasteiger partial charge in [0.25, 0.3) is 10.0 Å². The molecule has 0 aliphatic heterocycles. The molecule has 124 valence electrons. The van der Waals surface area contributed by atoms with Crippen LogP contribution in [0.3, 0.4) is 0 Å². The average Bonchev–Trinajstić information content (AvgIpc) is 2.99. The Morgan fingerprint density at radius 3 is 2.48 bits per heavy atom. The number of anilines is 1. The molecule has 23 heavy (non-hydrogen) atoms. The van der Waals surface area contributed by atoms with Crippen LogP contribution in [0.1, 0.15) is 0 Å². The zero-order valence-corrected chi connectivity index (χ0v) is 15.6. The van der Waals surface area contributed by atoms with E-state index >= 15 is 0 Å². The number of nitrogens with one attached hydrogen (secondary N) is 1. The summed E-state index contributed by atoms with van der Waals surface area (Å²) in [5, 5.41) is 4.85. The number of halogens is 3. The van der Waals surface area contributed by atoms with E-state index in [2.05, 4.69) is 5.32 Å². The maximum absolute atomic E-state index is 12.2. The van der Waals surface area contributed by atoms with E-state index in [4.69, 9.17) is 34.8 Å². The highest BCUT2D eigenvalue weighted by atomic mass is 35.5. The maximum atomic E-state index is 12.2. The molecule has 1 aromatic carbocycles. The lowest BCUT2D eigenvalue weighted by atomic mass is 10.3. The van der Waals surface area contributed by atoms with Crippen LogP contribution in [0.15, 0.2) is 33.9 Å². The van der Waals surface area contributed by atoms with E-state index in [-0.39, 0.29) is 31.5 Å². The van der Waals surface area contributed by atoms with E-state index in [9.17, 15) is 13.2 Å². The molecule has 0 spiro atoms. The summed E-state index contributed by atoms with van der Waals surface area (Å²) in [5.74, 6) is -0.548. The Labute approximate surface area is 152 Å². The molecule has 0 atom stereocenters. The van der Waals surface area contributed by atoms with E-state index in [0.717, 1.165) is 15.6 Å². The first-order valence-electron chi connectivity index (χ1n) is 6.16. The molecule has 0 radical (unpaired) electrons. The first kappa shape index (κ1) is 18.5. The number of benzene rings is 1. The maximum Gasteiger partial charge on any atom is 0.252 e. The highest BCUT2D eigenvalue weighted by Crippen LogP contribution is 2.32. The van der Waals surface area contributed by atoms with Gasteiger partial charge in [0.05, 0.1) is 27.3 Å². The van der Waals surface area contributed by atoms with Crippen LogP contribution < -0.4 is 5.32 Å². The SMILES string of the molecule is CN(CC(=O)Nc1cc(Cl)c(Cl)cc1Cl)S(=O)(=O)c1cccs1. The number of thiophene rings is 1. The molecule has 0 bridgehead atoms. The molecule has 1 amide bonds. The minimum absolute atomic E-state index is 0.167. The molecule has 1 N–H and O–H groups in total. The standard InChI is InChI=1S/C13H11Cl3N2O3S2/c1-18(23(20,21)13-3-2-4-22-13)7-12(19)17-11-6-9(15)8(14)5-10(11)16/h2-6H,7H2,1H3,(H,17,19). The molecule has 0 aliphatic carbocycles. The van der Waals surface area contributed by atoms with Crippen molar-refractivity contribution in [3.8, 4) is 0 Å². The predicted molar refractivity (Wildman–Crippen MR) is 94.2 cm³/mol. The van der Waals surface area contributed by atoms with Crippen LogP contribution in [-0.2, 0) is 14.8 Å². The second kappa shape index (κ2) is 7.38. The van der Waals surface area contributed by atoms with Gasteiger partial charge in [0.15, 0.2) is 0 Å². The summed E-state index contributed by atoms with van der Waals surface area (Å²) in [4.78, 5) is 12.0. The third-order valence-corrected chi connectivity index (χ3v) is 7.02. The predicted octanol–water partition coefficient (Wildman–Crippen LogP) is 3.97. The molecule has 2 rings (SSSR count). The molecule has 0 saturated heterocycles.